The second-order valence-corrected chi connectivity index (χ2v) is 2.19. The van der Waals surface area contributed by atoms with Crippen molar-refractivity contribution in [3.8, 4) is 0 Å². The minimum atomic E-state index is -1.44. The number of nitrogens with zero attached hydrogens (tertiary/aromatic N) is 2. The van der Waals surface area contributed by atoms with Crippen LogP contribution in [-0.2, 0) is 9.59 Å². The van der Waals surface area contributed by atoms with Crippen LogP contribution in [-0.4, -0.2) is 38.4 Å². The summed E-state index contributed by atoms with van der Waals surface area (Å²) in [5.41, 5.74) is 0. The van der Waals surface area contributed by atoms with Crippen molar-refractivity contribution in [3.05, 3.63) is 0 Å². The van der Waals surface area contributed by atoms with Crippen LogP contribution in [0.2, 0.25) is 0 Å². The number of carbonyl (C=O) groups excluding carboxylic acids is 3. The highest BCUT2D eigenvalue weighted by Gasteiger charge is 2.32. The molecule has 7 nitrogen and oxygen atoms in total. The molecule has 1 rings (SSSR count). The molecule has 7 heteroatoms. The van der Waals surface area contributed by atoms with Gasteiger partial charge in [0.05, 0.1) is 0 Å². The second kappa shape index (κ2) is 2.88. The lowest BCUT2D eigenvalue weighted by Crippen LogP contribution is -2.42. The molecule has 12 heavy (non-hydrogen) atoms. The standard InChI is InChI=1S/C5H6N2O5/c8-3-1-2-4(9)7(12)5(10)6(3)11/h11-12H,1-2H2. The Labute approximate surface area is 66.7 Å². The van der Waals surface area contributed by atoms with Gasteiger partial charge in [-0.25, -0.2) is 4.79 Å². The van der Waals surface area contributed by atoms with Gasteiger partial charge in [-0.2, -0.15) is 0 Å². The van der Waals surface area contributed by atoms with Crippen molar-refractivity contribution >= 4 is 17.8 Å². The van der Waals surface area contributed by atoms with E-state index in [1.165, 1.54) is 0 Å². The van der Waals surface area contributed by atoms with Crippen molar-refractivity contribution in [1.29, 1.82) is 0 Å². The summed E-state index contributed by atoms with van der Waals surface area (Å²) < 4.78 is 0. The first-order chi connectivity index (χ1) is 5.54. The van der Waals surface area contributed by atoms with E-state index in [0.29, 0.717) is 0 Å². The number of hydrogen-bond acceptors (Lipinski definition) is 5. The maximum absolute atomic E-state index is 10.7. The van der Waals surface area contributed by atoms with Crippen LogP contribution in [0.1, 0.15) is 12.8 Å². The number of amides is 4. The summed E-state index contributed by atoms with van der Waals surface area (Å²) in [6.07, 6.45) is -0.587. The molecule has 1 saturated heterocycles. The van der Waals surface area contributed by atoms with Gasteiger partial charge in [0.1, 0.15) is 0 Å². The minimum absolute atomic E-state index is 0.287. The molecular weight excluding hydrogens is 168 g/mol. The summed E-state index contributed by atoms with van der Waals surface area (Å²) in [7, 11) is 0. The zero-order valence-electron chi connectivity index (χ0n) is 5.93. The van der Waals surface area contributed by atoms with Gasteiger partial charge in [0, 0.05) is 12.8 Å². The quantitative estimate of drug-likeness (QED) is 0.475. The highest BCUT2D eigenvalue weighted by molar-refractivity contribution is 6.03. The van der Waals surface area contributed by atoms with Gasteiger partial charge in [-0.1, -0.05) is 0 Å². The SMILES string of the molecule is O=C1CCC(=O)N(O)C(=O)N1O. The summed E-state index contributed by atoms with van der Waals surface area (Å²) in [4.78, 5) is 32.0. The Morgan fingerprint density at radius 1 is 0.917 bits per heavy atom. The Bertz CT molecular complexity index is 226. The van der Waals surface area contributed by atoms with Gasteiger partial charge in [0.15, 0.2) is 0 Å². The molecule has 0 aromatic heterocycles. The van der Waals surface area contributed by atoms with E-state index in [1.807, 2.05) is 0 Å². The number of imide groups is 2. The number of hydroxylamine groups is 4. The molecule has 0 aromatic rings. The van der Waals surface area contributed by atoms with Crippen molar-refractivity contribution in [1.82, 2.24) is 10.1 Å². The van der Waals surface area contributed by atoms with Crippen LogP contribution in [0.15, 0.2) is 0 Å². The van der Waals surface area contributed by atoms with Gasteiger partial charge in [-0.3, -0.25) is 20.0 Å². The molecule has 0 spiro atoms. The summed E-state index contributed by atoms with van der Waals surface area (Å²) in [6, 6.07) is -1.44. The molecule has 1 heterocycles. The first kappa shape index (κ1) is 8.62. The fourth-order valence-electron chi connectivity index (χ4n) is 0.729. The number of hydrogen-bond donors (Lipinski definition) is 2. The molecule has 4 amide bonds. The van der Waals surface area contributed by atoms with E-state index >= 15 is 0 Å². The largest absolute Gasteiger partial charge is 0.382 e. The normalized spacial score (nSPS) is 20.0. The van der Waals surface area contributed by atoms with Crippen LogP contribution in [0.25, 0.3) is 0 Å². The Morgan fingerprint density at radius 3 is 1.58 bits per heavy atom. The topological polar surface area (TPSA) is 98.2 Å². The molecule has 0 bridgehead atoms. The van der Waals surface area contributed by atoms with Crippen molar-refractivity contribution in [2.75, 3.05) is 0 Å². The summed E-state index contributed by atoms with van der Waals surface area (Å²) >= 11 is 0. The predicted octanol–water partition coefficient (Wildman–Crippen LogP) is -0.664. The molecule has 2 N–H and O–H groups in total. The first-order valence-corrected chi connectivity index (χ1v) is 3.11. The van der Waals surface area contributed by atoms with Gasteiger partial charge in [0.2, 0.25) is 0 Å². The molecule has 0 saturated carbocycles. The van der Waals surface area contributed by atoms with Crippen LogP contribution in [0.4, 0.5) is 4.79 Å². The Hall–Kier alpha value is -1.47. The Balaban J connectivity index is 2.90. The third-order valence-corrected chi connectivity index (χ3v) is 1.39. The highest BCUT2D eigenvalue weighted by atomic mass is 16.6. The average Bonchev–Trinajstić information content (AvgIpc) is 2.14. The van der Waals surface area contributed by atoms with Gasteiger partial charge < -0.3 is 0 Å². The zero-order valence-corrected chi connectivity index (χ0v) is 5.93. The first-order valence-electron chi connectivity index (χ1n) is 3.11. The van der Waals surface area contributed by atoms with E-state index in [9.17, 15) is 14.4 Å². The van der Waals surface area contributed by atoms with Crippen LogP contribution >= 0.6 is 0 Å². The third kappa shape index (κ3) is 1.27. The van der Waals surface area contributed by atoms with Crippen LogP contribution < -0.4 is 0 Å². The fraction of sp³-hybridized carbons (Fsp3) is 0.400. The molecular formula is C5H6N2O5. The van der Waals surface area contributed by atoms with E-state index in [-0.39, 0.29) is 23.0 Å². The van der Waals surface area contributed by atoms with Gasteiger partial charge in [0.25, 0.3) is 11.8 Å². The van der Waals surface area contributed by atoms with Gasteiger partial charge >= 0.3 is 6.03 Å². The van der Waals surface area contributed by atoms with E-state index in [0.717, 1.165) is 0 Å². The van der Waals surface area contributed by atoms with Crippen LogP contribution in [0.3, 0.4) is 0 Å². The molecule has 1 aliphatic rings. The van der Waals surface area contributed by atoms with Gasteiger partial charge in [-0.15, -0.1) is 10.1 Å². The fourth-order valence-corrected chi connectivity index (χ4v) is 0.729. The summed E-state index contributed by atoms with van der Waals surface area (Å²) in [6.45, 7) is 0. The maximum Gasteiger partial charge on any atom is 0.382 e. The van der Waals surface area contributed by atoms with Crippen molar-refractivity contribution < 1.29 is 24.8 Å². The maximum atomic E-state index is 10.7. The molecule has 0 aromatic carbocycles. The van der Waals surface area contributed by atoms with Gasteiger partial charge in [-0.05, 0) is 0 Å². The molecule has 0 atom stereocenters. The third-order valence-electron chi connectivity index (χ3n) is 1.39. The molecule has 1 fully saturated rings. The number of carbonyl (C=O) groups is 3. The summed E-state index contributed by atoms with van der Waals surface area (Å²) in [5, 5.41) is 16.8. The van der Waals surface area contributed by atoms with Crippen molar-refractivity contribution in [2.24, 2.45) is 0 Å². The average molecular weight is 174 g/mol. The van der Waals surface area contributed by atoms with Crippen molar-refractivity contribution in [2.45, 2.75) is 12.8 Å². The van der Waals surface area contributed by atoms with Crippen molar-refractivity contribution in [3.63, 3.8) is 0 Å². The van der Waals surface area contributed by atoms with E-state index in [2.05, 4.69) is 0 Å². The zero-order chi connectivity index (χ0) is 9.30. The Kier molecular flexibility index (Phi) is 2.07. The summed E-state index contributed by atoms with van der Waals surface area (Å²) in [5.74, 6) is -1.82. The molecule has 66 valence electrons. The molecule has 0 unspecified atom stereocenters. The second-order valence-electron chi connectivity index (χ2n) is 2.19. The van der Waals surface area contributed by atoms with Crippen LogP contribution in [0, 0.1) is 0 Å². The Morgan fingerprint density at radius 2 is 1.25 bits per heavy atom. The lowest BCUT2D eigenvalue weighted by molar-refractivity contribution is -0.166. The van der Waals surface area contributed by atoms with E-state index in [1.54, 1.807) is 0 Å². The number of urea groups is 1. The lowest BCUT2D eigenvalue weighted by atomic mass is 10.3. The number of rotatable bonds is 0. The predicted molar refractivity (Wildman–Crippen MR) is 31.9 cm³/mol. The smallest absolute Gasteiger partial charge is 0.277 e. The molecule has 0 radical (unpaired) electrons. The minimum Gasteiger partial charge on any atom is -0.277 e. The lowest BCUT2D eigenvalue weighted by Gasteiger charge is -2.12. The van der Waals surface area contributed by atoms with Crippen LogP contribution in [0.5, 0.6) is 0 Å². The monoisotopic (exact) mass is 174 g/mol. The van der Waals surface area contributed by atoms with E-state index in [4.69, 9.17) is 10.4 Å². The highest BCUT2D eigenvalue weighted by Crippen LogP contribution is 2.07. The van der Waals surface area contributed by atoms with E-state index < -0.39 is 17.8 Å². The molecule has 1 aliphatic heterocycles. The molecule has 0 aliphatic carbocycles.